The number of hydrogen-bond donors (Lipinski definition) is 2. The molecule has 0 amide bonds. The molecule has 0 aliphatic carbocycles. The SMILES string of the molecule is CC1c2ccc(OB(O)O)cc2CN1C(c1ccccc1)(c1ccccc1)c1ccccc1. The van der Waals surface area contributed by atoms with E-state index in [-0.39, 0.29) is 6.04 Å². The normalized spacial score (nSPS) is 15.8. The maximum Gasteiger partial charge on any atom is 0.707 e. The van der Waals surface area contributed by atoms with Gasteiger partial charge in [0.15, 0.2) is 0 Å². The molecule has 0 radical (unpaired) electrons. The predicted molar refractivity (Wildman–Crippen MR) is 130 cm³/mol. The number of rotatable bonds is 6. The lowest BCUT2D eigenvalue weighted by Crippen LogP contribution is -2.46. The monoisotopic (exact) mass is 435 g/mol. The lowest BCUT2D eigenvalue weighted by Gasteiger charge is -2.46. The Hall–Kier alpha value is -3.38. The Labute approximate surface area is 194 Å². The van der Waals surface area contributed by atoms with Gasteiger partial charge in [-0.15, -0.1) is 0 Å². The zero-order valence-electron chi connectivity index (χ0n) is 18.5. The fourth-order valence-electron chi connectivity index (χ4n) is 5.25. The first-order valence-corrected chi connectivity index (χ1v) is 11.2. The Morgan fingerprint density at radius 1 is 0.758 bits per heavy atom. The van der Waals surface area contributed by atoms with Crippen molar-refractivity contribution in [2.75, 3.05) is 0 Å². The molecule has 0 aromatic heterocycles. The largest absolute Gasteiger partial charge is 0.707 e. The molecule has 164 valence electrons. The smallest absolute Gasteiger partial charge is 0.512 e. The van der Waals surface area contributed by atoms with Gasteiger partial charge in [0.05, 0.1) is 5.54 Å². The molecule has 0 spiro atoms. The summed E-state index contributed by atoms with van der Waals surface area (Å²) in [4.78, 5) is 2.52. The van der Waals surface area contributed by atoms with Crippen LogP contribution >= 0.6 is 0 Å². The van der Waals surface area contributed by atoms with E-state index < -0.39 is 12.9 Å². The second-order valence-electron chi connectivity index (χ2n) is 8.42. The molecular weight excluding hydrogens is 409 g/mol. The van der Waals surface area contributed by atoms with Gasteiger partial charge in [-0.05, 0) is 46.9 Å². The van der Waals surface area contributed by atoms with Gasteiger partial charge >= 0.3 is 7.32 Å². The van der Waals surface area contributed by atoms with E-state index in [0.717, 1.165) is 5.56 Å². The molecule has 0 saturated heterocycles. The van der Waals surface area contributed by atoms with Crippen molar-refractivity contribution in [1.82, 2.24) is 4.90 Å². The molecule has 4 aromatic carbocycles. The van der Waals surface area contributed by atoms with Gasteiger partial charge in [0.25, 0.3) is 0 Å². The van der Waals surface area contributed by atoms with Gasteiger partial charge in [0, 0.05) is 12.6 Å². The number of benzene rings is 4. The van der Waals surface area contributed by atoms with Crippen LogP contribution in [0, 0.1) is 0 Å². The Balaban J connectivity index is 1.73. The Bertz CT molecular complexity index is 1120. The van der Waals surface area contributed by atoms with Crippen molar-refractivity contribution in [3.63, 3.8) is 0 Å². The van der Waals surface area contributed by atoms with Crippen LogP contribution in [0.2, 0.25) is 0 Å². The number of nitrogens with zero attached hydrogens (tertiary/aromatic N) is 1. The average Bonchev–Trinajstić information content (AvgIpc) is 3.17. The molecule has 1 unspecified atom stereocenters. The van der Waals surface area contributed by atoms with Gasteiger partial charge in [-0.3, -0.25) is 4.90 Å². The van der Waals surface area contributed by atoms with E-state index in [4.69, 9.17) is 4.65 Å². The quantitative estimate of drug-likeness (QED) is 0.334. The van der Waals surface area contributed by atoms with Crippen molar-refractivity contribution in [2.45, 2.75) is 25.0 Å². The van der Waals surface area contributed by atoms with E-state index in [1.807, 2.05) is 12.1 Å². The third-order valence-corrected chi connectivity index (χ3v) is 6.62. The summed E-state index contributed by atoms with van der Waals surface area (Å²) >= 11 is 0. The van der Waals surface area contributed by atoms with Crippen molar-refractivity contribution in [3.05, 3.63) is 137 Å². The highest BCUT2D eigenvalue weighted by molar-refractivity contribution is 6.33. The van der Waals surface area contributed by atoms with Crippen molar-refractivity contribution < 1.29 is 14.7 Å². The zero-order valence-corrected chi connectivity index (χ0v) is 18.5. The molecule has 1 heterocycles. The van der Waals surface area contributed by atoms with Crippen LogP contribution in [0.4, 0.5) is 0 Å². The van der Waals surface area contributed by atoms with E-state index in [1.54, 1.807) is 6.07 Å². The third kappa shape index (κ3) is 3.74. The van der Waals surface area contributed by atoms with E-state index >= 15 is 0 Å². The van der Waals surface area contributed by atoms with Crippen molar-refractivity contribution >= 4 is 7.32 Å². The summed E-state index contributed by atoms with van der Waals surface area (Å²) in [6.07, 6.45) is 0. The maximum absolute atomic E-state index is 9.26. The van der Waals surface area contributed by atoms with Gasteiger partial charge < -0.3 is 14.7 Å². The summed E-state index contributed by atoms with van der Waals surface area (Å²) in [6, 6.07) is 37.8. The van der Waals surface area contributed by atoms with E-state index in [0.29, 0.717) is 12.3 Å². The van der Waals surface area contributed by atoms with Crippen molar-refractivity contribution in [3.8, 4) is 5.75 Å². The summed E-state index contributed by atoms with van der Waals surface area (Å²) in [6.45, 7) is 2.92. The summed E-state index contributed by atoms with van der Waals surface area (Å²) in [5.74, 6) is 0.447. The summed E-state index contributed by atoms with van der Waals surface area (Å²) < 4.78 is 5.14. The molecule has 1 atom stereocenters. The summed E-state index contributed by atoms with van der Waals surface area (Å²) in [5.41, 5.74) is 5.41. The Morgan fingerprint density at radius 2 is 1.24 bits per heavy atom. The van der Waals surface area contributed by atoms with Crippen LogP contribution in [0.1, 0.15) is 40.8 Å². The van der Waals surface area contributed by atoms with Gasteiger partial charge in [-0.1, -0.05) is 97.1 Å². The second-order valence-corrected chi connectivity index (χ2v) is 8.42. The fourth-order valence-corrected chi connectivity index (χ4v) is 5.25. The first-order valence-electron chi connectivity index (χ1n) is 11.2. The van der Waals surface area contributed by atoms with Crippen LogP contribution in [0.25, 0.3) is 0 Å². The first-order chi connectivity index (χ1) is 16.1. The first kappa shape index (κ1) is 21.5. The minimum atomic E-state index is -1.84. The van der Waals surface area contributed by atoms with Crippen LogP contribution in [0.5, 0.6) is 5.75 Å². The van der Waals surface area contributed by atoms with Crippen LogP contribution in [0.15, 0.2) is 109 Å². The Kier molecular flexibility index (Phi) is 5.77. The van der Waals surface area contributed by atoms with Gasteiger partial charge in [0.1, 0.15) is 5.75 Å². The van der Waals surface area contributed by atoms with Crippen LogP contribution in [-0.4, -0.2) is 22.3 Å². The summed E-state index contributed by atoms with van der Waals surface area (Å²) in [5, 5.41) is 18.5. The molecule has 2 N–H and O–H groups in total. The molecule has 4 aromatic rings. The molecule has 0 bridgehead atoms. The van der Waals surface area contributed by atoms with Crippen molar-refractivity contribution in [2.24, 2.45) is 0 Å². The molecule has 5 rings (SSSR count). The molecule has 0 fully saturated rings. The van der Waals surface area contributed by atoms with E-state index in [2.05, 4.69) is 103 Å². The molecule has 1 aliphatic heterocycles. The average molecular weight is 435 g/mol. The van der Waals surface area contributed by atoms with Crippen LogP contribution < -0.4 is 4.65 Å². The zero-order chi connectivity index (χ0) is 22.8. The van der Waals surface area contributed by atoms with Gasteiger partial charge in [-0.25, -0.2) is 0 Å². The highest BCUT2D eigenvalue weighted by Gasteiger charge is 2.47. The molecular formula is C28H26BNO3. The lowest BCUT2D eigenvalue weighted by atomic mass is 9.75. The standard InChI is InChI=1S/C28H26BNO3/c1-21-27-18-17-26(33-29(31)32)19-22(27)20-30(21)28(23-11-5-2-6-12-23,24-13-7-3-8-14-24)25-15-9-4-10-16-25/h2-19,21,31-32H,20H2,1H3. The topological polar surface area (TPSA) is 52.9 Å². The highest BCUT2D eigenvalue weighted by atomic mass is 16.6. The highest BCUT2D eigenvalue weighted by Crippen LogP contribution is 2.50. The molecule has 5 heteroatoms. The minimum Gasteiger partial charge on any atom is -0.512 e. The van der Waals surface area contributed by atoms with Crippen LogP contribution in [0.3, 0.4) is 0 Å². The number of fused-ring (bicyclic) bond motifs is 1. The molecule has 0 saturated carbocycles. The fraction of sp³-hybridized carbons (Fsp3) is 0.143. The third-order valence-electron chi connectivity index (χ3n) is 6.62. The molecule has 33 heavy (non-hydrogen) atoms. The molecule has 4 nitrogen and oxygen atoms in total. The van der Waals surface area contributed by atoms with Crippen LogP contribution in [-0.2, 0) is 12.1 Å². The molecule has 1 aliphatic rings. The second kappa shape index (κ2) is 8.87. The van der Waals surface area contributed by atoms with Crippen molar-refractivity contribution in [1.29, 1.82) is 0 Å². The number of hydrogen-bond acceptors (Lipinski definition) is 4. The van der Waals surface area contributed by atoms with E-state index in [9.17, 15) is 10.0 Å². The van der Waals surface area contributed by atoms with Gasteiger partial charge in [-0.2, -0.15) is 0 Å². The van der Waals surface area contributed by atoms with E-state index in [1.165, 1.54) is 22.3 Å². The maximum atomic E-state index is 9.26. The predicted octanol–water partition coefficient (Wildman–Crippen LogP) is 4.90. The lowest BCUT2D eigenvalue weighted by molar-refractivity contribution is 0.118. The van der Waals surface area contributed by atoms with Gasteiger partial charge in [0.2, 0.25) is 0 Å². The Morgan fingerprint density at radius 3 is 1.70 bits per heavy atom. The summed E-state index contributed by atoms with van der Waals surface area (Å²) in [7, 11) is -1.84. The minimum absolute atomic E-state index is 0.119.